The summed E-state index contributed by atoms with van der Waals surface area (Å²) in [5.74, 6) is 0.503. The first-order valence-corrected chi connectivity index (χ1v) is 9.97. The molecule has 2 saturated heterocycles. The molecule has 0 unspecified atom stereocenters. The Morgan fingerprint density at radius 2 is 1.77 bits per heavy atom. The maximum atomic E-state index is 13.6. The summed E-state index contributed by atoms with van der Waals surface area (Å²) in [7, 11) is 1.90. The van der Waals surface area contributed by atoms with Gasteiger partial charge in [-0.3, -0.25) is 9.59 Å². The van der Waals surface area contributed by atoms with Gasteiger partial charge in [-0.15, -0.1) is 0 Å². The lowest BCUT2D eigenvalue weighted by Gasteiger charge is -2.52. The molecule has 3 aliphatic rings. The molecule has 2 aliphatic heterocycles. The molecule has 26 heavy (non-hydrogen) atoms. The molecule has 0 aromatic heterocycles. The van der Waals surface area contributed by atoms with Crippen molar-refractivity contribution >= 4 is 17.5 Å². The van der Waals surface area contributed by atoms with Gasteiger partial charge in [-0.25, -0.2) is 0 Å². The van der Waals surface area contributed by atoms with Crippen molar-refractivity contribution in [1.82, 2.24) is 9.80 Å². The summed E-state index contributed by atoms with van der Waals surface area (Å²) < 4.78 is 0. The van der Waals surface area contributed by atoms with E-state index in [1.807, 2.05) is 18.0 Å². The number of carbonyl (C=O) groups excluding carboxylic acids is 2. The van der Waals surface area contributed by atoms with E-state index >= 15 is 0 Å². The van der Waals surface area contributed by atoms with Gasteiger partial charge in [-0.2, -0.15) is 0 Å². The molecule has 2 amide bonds. The van der Waals surface area contributed by atoms with Gasteiger partial charge < -0.3 is 14.7 Å². The smallest absolute Gasteiger partial charge is 0.231 e. The number of anilines is 1. The van der Waals surface area contributed by atoms with E-state index < -0.39 is 0 Å². The van der Waals surface area contributed by atoms with Crippen molar-refractivity contribution in [2.45, 2.75) is 44.6 Å². The molecular weight excluding hydrogens is 326 g/mol. The second-order valence-corrected chi connectivity index (χ2v) is 8.04. The summed E-state index contributed by atoms with van der Waals surface area (Å²) in [5, 5.41) is 0. The molecule has 4 rings (SSSR count). The fraction of sp³-hybridized carbons (Fsp3) is 0.619. The van der Waals surface area contributed by atoms with Crippen molar-refractivity contribution in [1.29, 1.82) is 0 Å². The third-order valence-corrected chi connectivity index (χ3v) is 6.75. The molecule has 1 aliphatic carbocycles. The van der Waals surface area contributed by atoms with Gasteiger partial charge in [-0.1, -0.05) is 31.0 Å². The highest BCUT2D eigenvalue weighted by molar-refractivity contribution is 5.88. The third-order valence-electron chi connectivity index (χ3n) is 6.75. The van der Waals surface area contributed by atoms with Crippen LogP contribution in [0.3, 0.4) is 0 Å². The summed E-state index contributed by atoms with van der Waals surface area (Å²) in [6.45, 7) is 3.32. The minimum absolute atomic E-state index is 0.0946. The number of piperazine rings is 1. The van der Waals surface area contributed by atoms with Crippen LogP contribution in [0.5, 0.6) is 0 Å². The van der Waals surface area contributed by atoms with Crippen LogP contribution in [0.4, 0.5) is 5.69 Å². The zero-order valence-electron chi connectivity index (χ0n) is 15.7. The Labute approximate surface area is 155 Å². The minimum Gasteiger partial charge on any atom is -0.368 e. The van der Waals surface area contributed by atoms with Gasteiger partial charge in [0.15, 0.2) is 0 Å². The van der Waals surface area contributed by atoms with E-state index in [1.165, 1.54) is 5.69 Å². The highest BCUT2D eigenvalue weighted by atomic mass is 16.2. The van der Waals surface area contributed by atoms with Crippen molar-refractivity contribution < 1.29 is 9.59 Å². The molecule has 0 N–H and O–H groups in total. The Bertz CT molecular complexity index is 669. The molecule has 0 spiro atoms. The van der Waals surface area contributed by atoms with Crippen LogP contribution < -0.4 is 4.90 Å². The Balaban J connectivity index is 1.48. The lowest BCUT2D eigenvalue weighted by Crippen LogP contribution is -2.63. The molecule has 3 fully saturated rings. The van der Waals surface area contributed by atoms with Crippen LogP contribution in [-0.4, -0.2) is 60.9 Å². The van der Waals surface area contributed by atoms with Crippen LogP contribution in [0.15, 0.2) is 30.3 Å². The average Bonchev–Trinajstić information content (AvgIpc) is 2.71. The standard InChI is InChI=1S/C21H29N3O2/c1-22-18-9-5-6-11-21(18,12-10-19(22)25)20(26)24-15-13-23(14-16-24)17-7-3-2-4-8-17/h2-4,7-8,18H,5-6,9-16H2,1H3/t18-,21-/m1/s1. The monoisotopic (exact) mass is 355 g/mol. The first-order chi connectivity index (χ1) is 12.6. The first-order valence-electron chi connectivity index (χ1n) is 9.97. The Kier molecular flexibility index (Phi) is 4.63. The number of nitrogens with zero attached hydrogens (tertiary/aromatic N) is 3. The summed E-state index contributed by atoms with van der Waals surface area (Å²) in [5.41, 5.74) is 0.895. The molecule has 5 nitrogen and oxygen atoms in total. The van der Waals surface area contributed by atoms with Gasteiger partial charge >= 0.3 is 0 Å². The zero-order valence-corrected chi connectivity index (χ0v) is 15.7. The number of piperidine rings is 1. The lowest BCUT2D eigenvalue weighted by molar-refractivity contribution is -0.160. The van der Waals surface area contributed by atoms with Gasteiger partial charge in [0.25, 0.3) is 0 Å². The quantitative estimate of drug-likeness (QED) is 0.819. The van der Waals surface area contributed by atoms with E-state index in [1.54, 1.807) is 0 Å². The maximum Gasteiger partial charge on any atom is 0.231 e. The number of likely N-dealkylation sites (tertiary alicyclic amines) is 1. The molecule has 5 heteroatoms. The van der Waals surface area contributed by atoms with Crippen molar-refractivity contribution in [3.8, 4) is 0 Å². The number of amides is 2. The van der Waals surface area contributed by atoms with Gasteiger partial charge in [-0.05, 0) is 31.4 Å². The van der Waals surface area contributed by atoms with Gasteiger partial charge in [0.1, 0.15) is 0 Å². The van der Waals surface area contributed by atoms with E-state index in [0.29, 0.717) is 12.3 Å². The number of para-hydroxylation sites is 1. The van der Waals surface area contributed by atoms with Gasteiger partial charge in [0, 0.05) is 51.4 Å². The van der Waals surface area contributed by atoms with Crippen molar-refractivity contribution in [3.63, 3.8) is 0 Å². The lowest BCUT2D eigenvalue weighted by atomic mass is 9.64. The van der Waals surface area contributed by atoms with Crippen molar-refractivity contribution in [2.24, 2.45) is 5.41 Å². The molecule has 2 heterocycles. The molecule has 1 aromatic rings. The van der Waals surface area contributed by atoms with Crippen LogP contribution in [-0.2, 0) is 9.59 Å². The Morgan fingerprint density at radius 1 is 1.04 bits per heavy atom. The van der Waals surface area contributed by atoms with Crippen LogP contribution in [0, 0.1) is 5.41 Å². The fourth-order valence-electron chi connectivity index (χ4n) is 5.23. The molecule has 1 saturated carbocycles. The third kappa shape index (κ3) is 2.87. The van der Waals surface area contributed by atoms with Crippen molar-refractivity contribution in [2.75, 3.05) is 38.1 Å². The van der Waals surface area contributed by atoms with Gasteiger partial charge in [0.2, 0.25) is 11.8 Å². The normalized spacial score (nSPS) is 29.5. The fourth-order valence-corrected chi connectivity index (χ4v) is 5.23. The topological polar surface area (TPSA) is 43.9 Å². The average molecular weight is 355 g/mol. The predicted molar refractivity (Wildman–Crippen MR) is 102 cm³/mol. The zero-order chi connectivity index (χ0) is 18.1. The van der Waals surface area contributed by atoms with E-state index in [2.05, 4.69) is 34.1 Å². The molecule has 2 atom stereocenters. The summed E-state index contributed by atoms with van der Waals surface area (Å²) in [4.78, 5) is 32.1. The number of fused-ring (bicyclic) bond motifs is 1. The number of hydrogen-bond acceptors (Lipinski definition) is 3. The predicted octanol–water partition coefficient (Wildman–Crippen LogP) is 2.52. The van der Waals surface area contributed by atoms with Crippen LogP contribution >= 0.6 is 0 Å². The maximum absolute atomic E-state index is 13.6. The molecule has 140 valence electrons. The molecule has 0 bridgehead atoms. The summed E-state index contributed by atoms with van der Waals surface area (Å²) in [6.07, 6.45) is 5.39. The second kappa shape index (κ2) is 6.93. The number of carbonyl (C=O) groups is 2. The Morgan fingerprint density at radius 3 is 2.50 bits per heavy atom. The van der Waals surface area contributed by atoms with E-state index in [-0.39, 0.29) is 17.4 Å². The number of rotatable bonds is 2. The first kappa shape index (κ1) is 17.4. The highest BCUT2D eigenvalue weighted by Gasteiger charge is 2.53. The van der Waals surface area contributed by atoms with E-state index in [4.69, 9.17) is 0 Å². The van der Waals surface area contributed by atoms with E-state index in [0.717, 1.165) is 58.3 Å². The molecular formula is C21H29N3O2. The largest absolute Gasteiger partial charge is 0.368 e. The van der Waals surface area contributed by atoms with Crippen molar-refractivity contribution in [3.05, 3.63) is 30.3 Å². The summed E-state index contributed by atoms with van der Waals surface area (Å²) >= 11 is 0. The SMILES string of the molecule is CN1C(=O)CC[C@]2(C(=O)N3CCN(c4ccccc4)CC3)CCCC[C@@H]12. The number of hydrogen-bond donors (Lipinski definition) is 0. The highest BCUT2D eigenvalue weighted by Crippen LogP contribution is 2.47. The van der Waals surface area contributed by atoms with Crippen LogP contribution in [0.25, 0.3) is 0 Å². The van der Waals surface area contributed by atoms with Crippen LogP contribution in [0.2, 0.25) is 0 Å². The second-order valence-electron chi connectivity index (χ2n) is 8.04. The number of benzene rings is 1. The Hall–Kier alpha value is -2.04. The van der Waals surface area contributed by atoms with Gasteiger partial charge in [0.05, 0.1) is 5.41 Å². The minimum atomic E-state index is -0.337. The molecule has 0 radical (unpaired) electrons. The van der Waals surface area contributed by atoms with Crippen LogP contribution in [0.1, 0.15) is 38.5 Å². The summed E-state index contributed by atoms with van der Waals surface area (Å²) in [6, 6.07) is 10.5. The molecule has 1 aromatic carbocycles. The van der Waals surface area contributed by atoms with E-state index in [9.17, 15) is 9.59 Å².